The van der Waals surface area contributed by atoms with Gasteiger partial charge in [0.2, 0.25) is 0 Å². The predicted octanol–water partition coefficient (Wildman–Crippen LogP) is 3.62. The predicted molar refractivity (Wildman–Crippen MR) is 57.6 cm³/mol. The van der Waals surface area contributed by atoms with E-state index in [0.717, 1.165) is 15.6 Å². The fraction of sp³-hybridized carbons (Fsp3) is 0.364. The van der Waals surface area contributed by atoms with Gasteiger partial charge >= 0.3 is 0 Å². The average Bonchev–Trinajstić information content (AvgIpc) is 2.01. The molecule has 1 aromatic rings. The van der Waals surface area contributed by atoms with Crippen molar-refractivity contribution in [2.24, 2.45) is 0 Å². The highest BCUT2D eigenvalue weighted by atomic mass is 79.9. The van der Waals surface area contributed by atoms with E-state index in [1.807, 2.05) is 18.2 Å². The minimum absolute atomic E-state index is 0.0335. The van der Waals surface area contributed by atoms with Crippen LogP contribution in [0, 0.1) is 11.3 Å². The van der Waals surface area contributed by atoms with E-state index in [4.69, 9.17) is 5.26 Å². The smallest absolute Gasteiger partial charge is 0.0995 e. The molecule has 0 saturated carbocycles. The third-order valence-corrected chi connectivity index (χ3v) is 2.40. The number of rotatable bonds is 0. The SMILES string of the molecule is CC(C)(C)c1ccc(Br)cc1C#N. The second-order valence-corrected chi connectivity index (χ2v) is 4.97. The molecule has 0 aliphatic rings. The van der Waals surface area contributed by atoms with Gasteiger partial charge in [0.25, 0.3) is 0 Å². The summed E-state index contributed by atoms with van der Waals surface area (Å²) in [4.78, 5) is 0. The maximum Gasteiger partial charge on any atom is 0.0995 e. The summed E-state index contributed by atoms with van der Waals surface area (Å²) in [5.74, 6) is 0. The summed E-state index contributed by atoms with van der Waals surface area (Å²) >= 11 is 3.35. The van der Waals surface area contributed by atoms with Crippen LogP contribution in [0.4, 0.5) is 0 Å². The van der Waals surface area contributed by atoms with Gasteiger partial charge in [-0.05, 0) is 23.1 Å². The Balaban J connectivity index is 3.32. The lowest BCUT2D eigenvalue weighted by Crippen LogP contribution is -2.13. The highest BCUT2D eigenvalue weighted by molar-refractivity contribution is 9.10. The summed E-state index contributed by atoms with van der Waals surface area (Å²) in [6.07, 6.45) is 0. The number of halogens is 1. The Labute approximate surface area is 87.5 Å². The van der Waals surface area contributed by atoms with Crippen LogP contribution in [0.15, 0.2) is 22.7 Å². The first-order valence-electron chi connectivity index (χ1n) is 4.15. The van der Waals surface area contributed by atoms with Crippen molar-refractivity contribution in [1.82, 2.24) is 0 Å². The van der Waals surface area contributed by atoms with E-state index in [9.17, 15) is 0 Å². The van der Waals surface area contributed by atoms with Gasteiger partial charge in [-0.25, -0.2) is 0 Å². The Hall–Kier alpha value is -0.810. The Bertz CT molecular complexity index is 355. The molecule has 0 N–H and O–H groups in total. The molecular weight excluding hydrogens is 226 g/mol. The molecular formula is C11H12BrN. The van der Waals surface area contributed by atoms with Gasteiger partial charge in [0.15, 0.2) is 0 Å². The van der Waals surface area contributed by atoms with Gasteiger partial charge in [0.1, 0.15) is 0 Å². The van der Waals surface area contributed by atoms with Gasteiger partial charge in [0, 0.05) is 4.47 Å². The largest absolute Gasteiger partial charge is 0.192 e. The van der Waals surface area contributed by atoms with E-state index in [0.29, 0.717) is 0 Å². The molecule has 1 rings (SSSR count). The van der Waals surface area contributed by atoms with E-state index in [-0.39, 0.29) is 5.41 Å². The third kappa shape index (κ3) is 2.32. The highest BCUT2D eigenvalue weighted by Crippen LogP contribution is 2.27. The molecule has 1 aromatic carbocycles. The van der Waals surface area contributed by atoms with Crippen LogP contribution in [0.25, 0.3) is 0 Å². The van der Waals surface area contributed by atoms with E-state index in [1.54, 1.807) is 0 Å². The van der Waals surface area contributed by atoms with Crippen molar-refractivity contribution in [2.45, 2.75) is 26.2 Å². The summed E-state index contributed by atoms with van der Waals surface area (Å²) in [7, 11) is 0. The van der Waals surface area contributed by atoms with Crippen LogP contribution in [0.3, 0.4) is 0 Å². The van der Waals surface area contributed by atoms with Crippen LogP contribution in [-0.4, -0.2) is 0 Å². The average molecular weight is 238 g/mol. The molecule has 2 heteroatoms. The molecule has 68 valence electrons. The van der Waals surface area contributed by atoms with Crippen molar-refractivity contribution in [3.63, 3.8) is 0 Å². The highest BCUT2D eigenvalue weighted by Gasteiger charge is 2.17. The first-order chi connectivity index (χ1) is 5.95. The quantitative estimate of drug-likeness (QED) is 0.677. The lowest BCUT2D eigenvalue weighted by atomic mass is 9.84. The van der Waals surface area contributed by atoms with Gasteiger partial charge in [-0.3, -0.25) is 0 Å². The van der Waals surface area contributed by atoms with Gasteiger partial charge in [-0.1, -0.05) is 42.8 Å². The Morgan fingerprint density at radius 2 is 1.92 bits per heavy atom. The number of benzene rings is 1. The Morgan fingerprint density at radius 3 is 2.38 bits per heavy atom. The summed E-state index contributed by atoms with van der Waals surface area (Å²) in [6, 6.07) is 8.05. The van der Waals surface area contributed by atoms with Crippen LogP contribution in [0.2, 0.25) is 0 Å². The van der Waals surface area contributed by atoms with Crippen molar-refractivity contribution in [3.8, 4) is 6.07 Å². The van der Waals surface area contributed by atoms with Gasteiger partial charge in [-0.15, -0.1) is 0 Å². The molecule has 0 heterocycles. The molecule has 0 aromatic heterocycles. The molecule has 0 aliphatic carbocycles. The molecule has 0 aliphatic heterocycles. The number of nitriles is 1. The first kappa shape index (κ1) is 10.3. The molecule has 0 bridgehead atoms. The molecule has 13 heavy (non-hydrogen) atoms. The van der Waals surface area contributed by atoms with Gasteiger partial charge < -0.3 is 0 Å². The molecule has 0 atom stereocenters. The van der Waals surface area contributed by atoms with Gasteiger partial charge in [-0.2, -0.15) is 5.26 Å². The van der Waals surface area contributed by atoms with Crippen LogP contribution >= 0.6 is 15.9 Å². The number of hydrogen-bond acceptors (Lipinski definition) is 1. The zero-order valence-corrected chi connectivity index (χ0v) is 9.64. The van der Waals surface area contributed by atoms with Gasteiger partial charge in [0.05, 0.1) is 11.6 Å². The van der Waals surface area contributed by atoms with Crippen molar-refractivity contribution < 1.29 is 0 Å². The van der Waals surface area contributed by atoms with E-state index < -0.39 is 0 Å². The normalized spacial score (nSPS) is 11.0. The second kappa shape index (κ2) is 3.51. The molecule has 0 radical (unpaired) electrons. The standard InChI is InChI=1S/C11H12BrN/c1-11(2,3)10-5-4-9(12)6-8(10)7-13/h4-6H,1-3H3. The second-order valence-electron chi connectivity index (χ2n) is 4.05. The topological polar surface area (TPSA) is 23.8 Å². The summed E-state index contributed by atoms with van der Waals surface area (Å²) in [6.45, 7) is 6.32. The van der Waals surface area contributed by atoms with Crippen molar-refractivity contribution in [3.05, 3.63) is 33.8 Å². The van der Waals surface area contributed by atoms with Crippen molar-refractivity contribution in [2.75, 3.05) is 0 Å². The van der Waals surface area contributed by atoms with E-state index >= 15 is 0 Å². The third-order valence-electron chi connectivity index (χ3n) is 1.91. The number of hydrogen-bond donors (Lipinski definition) is 0. The summed E-state index contributed by atoms with van der Waals surface area (Å²) in [5, 5.41) is 8.94. The maximum absolute atomic E-state index is 8.94. The summed E-state index contributed by atoms with van der Waals surface area (Å²) < 4.78 is 0.956. The minimum Gasteiger partial charge on any atom is -0.192 e. The minimum atomic E-state index is 0.0335. The zero-order chi connectivity index (χ0) is 10.1. The first-order valence-corrected chi connectivity index (χ1v) is 4.94. The summed E-state index contributed by atoms with van der Waals surface area (Å²) in [5.41, 5.74) is 1.88. The lowest BCUT2D eigenvalue weighted by Gasteiger charge is -2.20. The zero-order valence-electron chi connectivity index (χ0n) is 8.06. The fourth-order valence-electron chi connectivity index (χ4n) is 1.26. The Kier molecular flexibility index (Phi) is 2.77. The van der Waals surface area contributed by atoms with E-state index in [2.05, 4.69) is 42.8 Å². The maximum atomic E-state index is 8.94. The fourth-order valence-corrected chi connectivity index (χ4v) is 1.62. The molecule has 0 saturated heterocycles. The van der Waals surface area contributed by atoms with Crippen molar-refractivity contribution in [1.29, 1.82) is 5.26 Å². The molecule has 0 fully saturated rings. The molecule has 0 unspecified atom stereocenters. The number of nitrogens with zero attached hydrogens (tertiary/aromatic N) is 1. The van der Waals surface area contributed by atoms with Crippen LogP contribution in [0.1, 0.15) is 31.9 Å². The van der Waals surface area contributed by atoms with Crippen LogP contribution in [-0.2, 0) is 5.41 Å². The van der Waals surface area contributed by atoms with Crippen molar-refractivity contribution >= 4 is 15.9 Å². The monoisotopic (exact) mass is 237 g/mol. The molecule has 0 spiro atoms. The van der Waals surface area contributed by atoms with E-state index in [1.165, 1.54) is 0 Å². The van der Waals surface area contributed by atoms with Crippen LogP contribution < -0.4 is 0 Å². The molecule has 1 nitrogen and oxygen atoms in total. The van der Waals surface area contributed by atoms with Crippen LogP contribution in [0.5, 0.6) is 0 Å². The lowest BCUT2D eigenvalue weighted by molar-refractivity contribution is 0.588. The molecule has 0 amide bonds. The Morgan fingerprint density at radius 1 is 1.31 bits per heavy atom.